The molecule has 0 amide bonds. The van der Waals surface area contributed by atoms with Gasteiger partial charge in [0.1, 0.15) is 5.75 Å². The first-order valence-electron chi connectivity index (χ1n) is 6.89. The lowest BCUT2D eigenvalue weighted by Crippen LogP contribution is -2.29. The highest BCUT2D eigenvalue weighted by molar-refractivity contribution is 6.30. The Morgan fingerprint density at radius 3 is 2.55 bits per heavy atom. The first kappa shape index (κ1) is 14.9. The molecule has 20 heavy (non-hydrogen) atoms. The van der Waals surface area contributed by atoms with E-state index in [-0.39, 0.29) is 0 Å². The van der Waals surface area contributed by atoms with E-state index in [1.807, 2.05) is 30.3 Å². The molecule has 2 N–H and O–H groups in total. The molecule has 0 bridgehead atoms. The maximum Gasteiger partial charge on any atom is 0.115 e. The average Bonchev–Trinajstić information content (AvgIpc) is 2.41. The van der Waals surface area contributed by atoms with Crippen LogP contribution in [0.3, 0.4) is 0 Å². The van der Waals surface area contributed by atoms with Crippen LogP contribution in [0.25, 0.3) is 0 Å². The molecule has 106 valence electrons. The molecule has 0 saturated heterocycles. The van der Waals surface area contributed by atoms with E-state index < -0.39 is 0 Å². The summed E-state index contributed by atoms with van der Waals surface area (Å²) in [6, 6.07) is 15.8. The second kappa shape index (κ2) is 7.32. The molecule has 0 aliphatic rings. The van der Waals surface area contributed by atoms with Gasteiger partial charge < -0.3 is 10.4 Å². The monoisotopic (exact) mass is 289 g/mol. The molecule has 0 heterocycles. The molecule has 0 aliphatic carbocycles. The van der Waals surface area contributed by atoms with Crippen molar-refractivity contribution in [1.82, 2.24) is 5.32 Å². The maximum absolute atomic E-state index is 9.25. The average molecular weight is 290 g/mol. The van der Waals surface area contributed by atoms with Crippen molar-refractivity contribution in [2.24, 2.45) is 0 Å². The quantitative estimate of drug-likeness (QED) is 0.847. The van der Waals surface area contributed by atoms with Gasteiger partial charge in [-0.05, 0) is 61.7 Å². The van der Waals surface area contributed by atoms with Crippen LogP contribution in [0.4, 0.5) is 0 Å². The lowest BCUT2D eigenvalue weighted by atomic mass is 10.1. The molecular weight excluding hydrogens is 270 g/mol. The van der Waals surface area contributed by atoms with Crippen LogP contribution in [0.5, 0.6) is 5.75 Å². The number of benzene rings is 2. The van der Waals surface area contributed by atoms with Crippen LogP contribution in [0.15, 0.2) is 48.5 Å². The maximum atomic E-state index is 9.25. The number of hydrogen-bond donors (Lipinski definition) is 2. The van der Waals surface area contributed by atoms with Crippen LogP contribution < -0.4 is 5.32 Å². The first-order valence-corrected chi connectivity index (χ1v) is 7.27. The zero-order valence-electron chi connectivity index (χ0n) is 11.6. The molecule has 2 rings (SSSR count). The summed E-state index contributed by atoms with van der Waals surface area (Å²) in [6.07, 6.45) is 1.93. The summed E-state index contributed by atoms with van der Waals surface area (Å²) in [5, 5.41) is 13.6. The van der Waals surface area contributed by atoms with E-state index in [1.165, 1.54) is 11.1 Å². The van der Waals surface area contributed by atoms with E-state index in [2.05, 4.69) is 18.3 Å². The fraction of sp³-hybridized carbons (Fsp3) is 0.294. The van der Waals surface area contributed by atoms with E-state index in [0.717, 1.165) is 24.4 Å². The molecule has 0 radical (unpaired) electrons. The van der Waals surface area contributed by atoms with Gasteiger partial charge in [-0.2, -0.15) is 0 Å². The van der Waals surface area contributed by atoms with Crippen molar-refractivity contribution in [3.63, 3.8) is 0 Å². The minimum atomic E-state index is 0.315. The fourth-order valence-corrected chi connectivity index (χ4v) is 2.43. The third kappa shape index (κ3) is 4.87. The number of phenolic OH excluding ortho intramolecular Hbond substituents is 1. The fourth-order valence-electron chi connectivity index (χ4n) is 2.21. The zero-order chi connectivity index (χ0) is 14.4. The zero-order valence-corrected chi connectivity index (χ0v) is 12.4. The van der Waals surface area contributed by atoms with Crippen molar-refractivity contribution in [1.29, 1.82) is 0 Å². The molecule has 1 atom stereocenters. The molecule has 1 unspecified atom stereocenters. The topological polar surface area (TPSA) is 32.3 Å². The number of hydrogen-bond acceptors (Lipinski definition) is 2. The largest absolute Gasteiger partial charge is 0.508 e. The van der Waals surface area contributed by atoms with E-state index >= 15 is 0 Å². The Morgan fingerprint density at radius 1 is 1.10 bits per heavy atom. The molecule has 2 aromatic rings. The number of phenols is 1. The van der Waals surface area contributed by atoms with Crippen molar-refractivity contribution in [3.05, 3.63) is 64.7 Å². The van der Waals surface area contributed by atoms with Gasteiger partial charge in [0.15, 0.2) is 0 Å². The predicted octanol–water partition coefficient (Wildman–Crippen LogP) is 3.81. The van der Waals surface area contributed by atoms with Gasteiger partial charge in [0, 0.05) is 11.1 Å². The minimum Gasteiger partial charge on any atom is -0.508 e. The number of aromatic hydroxyl groups is 1. The Morgan fingerprint density at radius 2 is 1.85 bits per heavy atom. The van der Waals surface area contributed by atoms with Crippen molar-refractivity contribution in [2.45, 2.75) is 25.8 Å². The number of nitrogens with one attached hydrogen (secondary N) is 1. The normalized spacial score (nSPS) is 12.3. The van der Waals surface area contributed by atoms with Gasteiger partial charge >= 0.3 is 0 Å². The highest BCUT2D eigenvalue weighted by Gasteiger charge is 2.03. The van der Waals surface area contributed by atoms with Crippen LogP contribution in [0.1, 0.15) is 18.1 Å². The van der Waals surface area contributed by atoms with Gasteiger partial charge in [0.05, 0.1) is 0 Å². The molecule has 0 aliphatic heterocycles. The summed E-state index contributed by atoms with van der Waals surface area (Å²) in [6.45, 7) is 3.10. The Balaban J connectivity index is 1.75. The van der Waals surface area contributed by atoms with Crippen LogP contribution in [0.2, 0.25) is 5.02 Å². The van der Waals surface area contributed by atoms with E-state index in [0.29, 0.717) is 11.8 Å². The van der Waals surface area contributed by atoms with Crippen LogP contribution >= 0.6 is 11.6 Å². The predicted molar refractivity (Wildman–Crippen MR) is 84.4 cm³/mol. The van der Waals surface area contributed by atoms with Gasteiger partial charge in [-0.3, -0.25) is 0 Å². The van der Waals surface area contributed by atoms with E-state index in [4.69, 9.17) is 11.6 Å². The van der Waals surface area contributed by atoms with Crippen LogP contribution in [-0.2, 0) is 12.8 Å². The highest BCUT2D eigenvalue weighted by atomic mass is 35.5. The lowest BCUT2D eigenvalue weighted by molar-refractivity contribution is 0.474. The summed E-state index contributed by atoms with van der Waals surface area (Å²) < 4.78 is 0. The summed E-state index contributed by atoms with van der Waals surface area (Å²) in [4.78, 5) is 0. The molecule has 0 spiro atoms. The summed E-state index contributed by atoms with van der Waals surface area (Å²) in [5.41, 5.74) is 2.48. The Kier molecular flexibility index (Phi) is 5.45. The lowest BCUT2D eigenvalue weighted by Gasteiger charge is -2.14. The van der Waals surface area contributed by atoms with Gasteiger partial charge in [-0.25, -0.2) is 0 Å². The molecule has 2 aromatic carbocycles. The van der Waals surface area contributed by atoms with Crippen LogP contribution in [0, 0.1) is 0 Å². The molecular formula is C17H20ClNO. The van der Waals surface area contributed by atoms with E-state index in [9.17, 15) is 5.11 Å². The Bertz CT molecular complexity index is 539. The molecule has 0 fully saturated rings. The summed E-state index contributed by atoms with van der Waals surface area (Å²) >= 11 is 5.97. The van der Waals surface area contributed by atoms with Gasteiger partial charge in [0.2, 0.25) is 0 Å². The summed E-state index contributed by atoms with van der Waals surface area (Å²) in [7, 11) is 0. The number of rotatable bonds is 6. The number of halogens is 1. The van der Waals surface area contributed by atoms with E-state index in [1.54, 1.807) is 12.1 Å². The molecule has 0 saturated carbocycles. The van der Waals surface area contributed by atoms with Gasteiger partial charge in [-0.1, -0.05) is 35.9 Å². The van der Waals surface area contributed by atoms with Crippen molar-refractivity contribution in [2.75, 3.05) is 6.54 Å². The van der Waals surface area contributed by atoms with Gasteiger partial charge in [0.25, 0.3) is 0 Å². The Hall–Kier alpha value is -1.51. The second-order valence-corrected chi connectivity index (χ2v) is 5.54. The van der Waals surface area contributed by atoms with Crippen molar-refractivity contribution in [3.8, 4) is 5.75 Å². The molecule has 2 nitrogen and oxygen atoms in total. The third-order valence-electron chi connectivity index (χ3n) is 3.27. The minimum absolute atomic E-state index is 0.315. The van der Waals surface area contributed by atoms with Crippen LogP contribution in [-0.4, -0.2) is 17.7 Å². The van der Waals surface area contributed by atoms with Gasteiger partial charge in [-0.15, -0.1) is 0 Å². The smallest absolute Gasteiger partial charge is 0.115 e. The molecule has 3 heteroatoms. The Labute approximate surface area is 125 Å². The molecule has 0 aromatic heterocycles. The first-order chi connectivity index (χ1) is 9.63. The standard InChI is InChI=1S/C17H20ClNO/c1-13(11-15-5-7-17(20)8-6-15)19-10-9-14-3-2-4-16(18)12-14/h2-8,12-13,19-20H,9-11H2,1H3. The summed E-state index contributed by atoms with van der Waals surface area (Å²) in [5.74, 6) is 0.315. The third-order valence-corrected chi connectivity index (χ3v) is 3.51. The second-order valence-electron chi connectivity index (χ2n) is 5.11. The van der Waals surface area contributed by atoms with Crippen molar-refractivity contribution < 1.29 is 5.11 Å². The van der Waals surface area contributed by atoms with Crippen molar-refractivity contribution >= 4 is 11.6 Å². The highest BCUT2D eigenvalue weighted by Crippen LogP contribution is 2.12. The SMILES string of the molecule is CC(Cc1ccc(O)cc1)NCCc1cccc(Cl)c1.